The molecule has 0 saturated heterocycles. The molecule has 0 amide bonds. The van der Waals surface area contributed by atoms with Gasteiger partial charge in [-0.15, -0.1) is 0 Å². The second-order valence-electron chi connectivity index (χ2n) is 5.44. The molecule has 3 heteroatoms. The van der Waals surface area contributed by atoms with Crippen LogP contribution in [0.2, 0.25) is 0 Å². The molecule has 0 spiro atoms. The van der Waals surface area contributed by atoms with Crippen molar-refractivity contribution in [2.45, 2.75) is 39.7 Å². The molecule has 0 aromatic heterocycles. The third-order valence-corrected chi connectivity index (χ3v) is 3.22. The summed E-state index contributed by atoms with van der Waals surface area (Å²) in [6.07, 6.45) is 3.14. The monoisotopic (exact) mass is 260 g/mol. The molecule has 0 unspecified atom stereocenters. The van der Waals surface area contributed by atoms with Gasteiger partial charge in [0.15, 0.2) is 0 Å². The van der Waals surface area contributed by atoms with E-state index in [2.05, 4.69) is 17.5 Å². The molecule has 1 rings (SSSR count). The minimum Gasteiger partial charge on any atom is -0.496 e. The Morgan fingerprint density at radius 1 is 1.26 bits per heavy atom. The Kier molecular flexibility index (Phi) is 6.38. The molecule has 3 nitrogen and oxygen atoms in total. The normalized spacial score (nSPS) is 11.1. The van der Waals surface area contributed by atoms with E-state index in [-0.39, 0.29) is 5.41 Å². The summed E-state index contributed by atoms with van der Waals surface area (Å²) in [6.45, 7) is 5.79. The Labute approximate surface area is 116 Å². The summed E-state index contributed by atoms with van der Waals surface area (Å²) in [5.41, 5.74) is 0.991. The van der Waals surface area contributed by atoms with E-state index in [9.17, 15) is 0 Å². The van der Waals surface area contributed by atoms with Crippen LogP contribution in [0.4, 0.5) is 0 Å². The highest BCUT2D eigenvalue weighted by Crippen LogP contribution is 2.21. The molecule has 0 atom stereocenters. The number of hydrogen-bond donors (Lipinski definition) is 1. The standard InChI is InChI=1S/C16H24N2O/c1-16(2,13-17)10-6-7-11-18-12-14-8-4-5-9-15(14)19-3/h4-5,8-9,18H,6-7,10-12H2,1-3H3. The van der Waals surface area contributed by atoms with Crippen molar-refractivity contribution < 1.29 is 4.74 Å². The van der Waals surface area contributed by atoms with Crippen LogP contribution >= 0.6 is 0 Å². The molecule has 0 aliphatic heterocycles. The molecule has 0 saturated carbocycles. The minimum atomic E-state index is -0.192. The summed E-state index contributed by atoms with van der Waals surface area (Å²) >= 11 is 0. The first-order chi connectivity index (χ1) is 9.09. The lowest BCUT2D eigenvalue weighted by atomic mass is 9.89. The van der Waals surface area contributed by atoms with Crippen LogP contribution in [-0.4, -0.2) is 13.7 Å². The van der Waals surface area contributed by atoms with Gasteiger partial charge in [-0.3, -0.25) is 0 Å². The number of para-hydroxylation sites is 1. The van der Waals surface area contributed by atoms with Crippen molar-refractivity contribution in [2.24, 2.45) is 5.41 Å². The SMILES string of the molecule is COc1ccccc1CNCCCCC(C)(C)C#N. The molecule has 1 aromatic carbocycles. The predicted molar refractivity (Wildman–Crippen MR) is 77.9 cm³/mol. The second kappa shape index (κ2) is 7.81. The van der Waals surface area contributed by atoms with Gasteiger partial charge in [0, 0.05) is 12.1 Å². The van der Waals surface area contributed by atoms with E-state index in [4.69, 9.17) is 10.00 Å². The molecule has 0 fully saturated rings. The zero-order chi connectivity index (χ0) is 14.1. The van der Waals surface area contributed by atoms with Crippen LogP contribution in [0.1, 0.15) is 38.7 Å². The number of nitriles is 1. The number of benzene rings is 1. The Bertz CT molecular complexity index is 421. The lowest BCUT2D eigenvalue weighted by molar-refractivity contribution is 0.405. The van der Waals surface area contributed by atoms with Gasteiger partial charge in [-0.1, -0.05) is 24.6 Å². The Hall–Kier alpha value is -1.53. The summed E-state index contributed by atoms with van der Waals surface area (Å²) in [5, 5.41) is 12.3. The first-order valence-corrected chi connectivity index (χ1v) is 6.83. The fraction of sp³-hybridized carbons (Fsp3) is 0.562. The maximum Gasteiger partial charge on any atom is 0.123 e. The maximum atomic E-state index is 8.92. The van der Waals surface area contributed by atoms with Gasteiger partial charge < -0.3 is 10.1 Å². The molecule has 0 aliphatic rings. The molecule has 104 valence electrons. The fourth-order valence-corrected chi connectivity index (χ4v) is 1.94. The van der Waals surface area contributed by atoms with E-state index in [0.717, 1.165) is 38.1 Å². The lowest BCUT2D eigenvalue weighted by Gasteiger charge is -2.14. The third kappa shape index (κ3) is 5.76. The highest BCUT2D eigenvalue weighted by molar-refractivity contribution is 5.32. The summed E-state index contributed by atoms with van der Waals surface area (Å²) in [4.78, 5) is 0. The number of unbranched alkanes of at least 4 members (excludes halogenated alkanes) is 1. The summed E-state index contributed by atoms with van der Waals surface area (Å²) in [6, 6.07) is 10.4. The van der Waals surface area contributed by atoms with Crippen molar-refractivity contribution >= 4 is 0 Å². The van der Waals surface area contributed by atoms with Gasteiger partial charge >= 0.3 is 0 Å². The largest absolute Gasteiger partial charge is 0.496 e. The highest BCUT2D eigenvalue weighted by Gasteiger charge is 2.15. The van der Waals surface area contributed by atoms with Gasteiger partial charge in [0.1, 0.15) is 5.75 Å². The Morgan fingerprint density at radius 2 is 2.00 bits per heavy atom. The van der Waals surface area contributed by atoms with Gasteiger partial charge in [-0.25, -0.2) is 0 Å². The molecular formula is C16H24N2O. The zero-order valence-corrected chi connectivity index (χ0v) is 12.2. The van der Waals surface area contributed by atoms with E-state index in [0.29, 0.717) is 0 Å². The lowest BCUT2D eigenvalue weighted by Crippen LogP contribution is -2.16. The van der Waals surface area contributed by atoms with Crippen molar-refractivity contribution in [3.63, 3.8) is 0 Å². The van der Waals surface area contributed by atoms with Crippen molar-refractivity contribution in [3.05, 3.63) is 29.8 Å². The first-order valence-electron chi connectivity index (χ1n) is 6.83. The van der Waals surface area contributed by atoms with Crippen LogP contribution in [0.15, 0.2) is 24.3 Å². The average molecular weight is 260 g/mol. The van der Waals surface area contributed by atoms with E-state index >= 15 is 0 Å². The second-order valence-corrected chi connectivity index (χ2v) is 5.44. The Balaban J connectivity index is 2.20. The van der Waals surface area contributed by atoms with Crippen LogP contribution in [0.3, 0.4) is 0 Å². The van der Waals surface area contributed by atoms with Crippen molar-refractivity contribution in [1.29, 1.82) is 5.26 Å². The quantitative estimate of drug-likeness (QED) is 0.728. The average Bonchev–Trinajstić information content (AvgIpc) is 2.43. The van der Waals surface area contributed by atoms with Crippen molar-refractivity contribution in [3.8, 4) is 11.8 Å². The molecular weight excluding hydrogens is 236 g/mol. The molecule has 0 heterocycles. The maximum absolute atomic E-state index is 8.92. The topological polar surface area (TPSA) is 45.0 Å². The van der Waals surface area contributed by atoms with Gasteiger partial charge in [0.2, 0.25) is 0 Å². The molecule has 0 radical (unpaired) electrons. The van der Waals surface area contributed by atoms with Crippen LogP contribution in [0.25, 0.3) is 0 Å². The summed E-state index contributed by atoms with van der Waals surface area (Å²) in [7, 11) is 1.70. The van der Waals surface area contributed by atoms with Crippen molar-refractivity contribution in [1.82, 2.24) is 5.32 Å². The van der Waals surface area contributed by atoms with E-state index < -0.39 is 0 Å². The molecule has 19 heavy (non-hydrogen) atoms. The Morgan fingerprint density at radius 3 is 2.68 bits per heavy atom. The van der Waals surface area contributed by atoms with Gasteiger partial charge in [-0.2, -0.15) is 5.26 Å². The number of methoxy groups -OCH3 is 1. The van der Waals surface area contributed by atoms with Gasteiger partial charge in [-0.05, 0) is 39.3 Å². The van der Waals surface area contributed by atoms with Crippen LogP contribution in [0.5, 0.6) is 5.75 Å². The number of nitrogens with one attached hydrogen (secondary N) is 1. The van der Waals surface area contributed by atoms with E-state index in [1.165, 1.54) is 5.56 Å². The van der Waals surface area contributed by atoms with Crippen LogP contribution < -0.4 is 10.1 Å². The van der Waals surface area contributed by atoms with E-state index in [1.54, 1.807) is 7.11 Å². The number of rotatable bonds is 8. The van der Waals surface area contributed by atoms with Crippen LogP contribution in [0, 0.1) is 16.7 Å². The highest BCUT2D eigenvalue weighted by atomic mass is 16.5. The predicted octanol–water partition coefficient (Wildman–Crippen LogP) is 3.50. The van der Waals surface area contributed by atoms with Crippen LogP contribution in [-0.2, 0) is 6.54 Å². The molecule has 1 N–H and O–H groups in total. The molecule has 0 aliphatic carbocycles. The first kappa shape index (κ1) is 15.5. The van der Waals surface area contributed by atoms with Crippen molar-refractivity contribution in [2.75, 3.05) is 13.7 Å². The summed E-state index contributed by atoms with van der Waals surface area (Å²) < 4.78 is 5.31. The third-order valence-electron chi connectivity index (χ3n) is 3.22. The minimum absolute atomic E-state index is 0.192. The molecule has 0 bridgehead atoms. The number of nitrogens with zero attached hydrogens (tertiary/aromatic N) is 1. The van der Waals surface area contributed by atoms with E-state index in [1.807, 2.05) is 32.0 Å². The number of hydrogen-bond acceptors (Lipinski definition) is 3. The van der Waals surface area contributed by atoms with Gasteiger partial charge in [0.05, 0.1) is 18.6 Å². The molecule has 1 aromatic rings. The fourth-order valence-electron chi connectivity index (χ4n) is 1.94. The van der Waals surface area contributed by atoms with Gasteiger partial charge in [0.25, 0.3) is 0 Å². The smallest absolute Gasteiger partial charge is 0.123 e. The zero-order valence-electron chi connectivity index (χ0n) is 12.2. The number of ether oxygens (including phenoxy) is 1. The summed E-state index contributed by atoms with van der Waals surface area (Å²) in [5.74, 6) is 0.931.